The summed E-state index contributed by atoms with van der Waals surface area (Å²) in [4.78, 5) is 13.3. The minimum Gasteiger partial charge on any atom is -0.493 e. The van der Waals surface area contributed by atoms with Gasteiger partial charge in [0.1, 0.15) is 6.54 Å². The number of benzene rings is 3. The van der Waals surface area contributed by atoms with Crippen LogP contribution in [-0.2, 0) is 25.0 Å². The maximum absolute atomic E-state index is 13.8. The van der Waals surface area contributed by atoms with E-state index in [4.69, 9.17) is 25.8 Å². The molecule has 10 heteroatoms. The highest BCUT2D eigenvalue weighted by Gasteiger charge is 2.35. The first kappa shape index (κ1) is 27.8. The molecule has 1 N–H and O–H groups in total. The topological polar surface area (TPSA) is 94.2 Å². The third-order valence-corrected chi connectivity index (χ3v) is 8.83. The number of carbonyl (C=O) groups is 1. The average molecular weight is 559 g/mol. The van der Waals surface area contributed by atoms with E-state index in [0.717, 1.165) is 22.7 Å². The molecule has 1 aliphatic heterocycles. The van der Waals surface area contributed by atoms with Gasteiger partial charge in [-0.25, -0.2) is 8.42 Å². The second-order valence-electron chi connectivity index (χ2n) is 9.04. The van der Waals surface area contributed by atoms with E-state index in [1.165, 1.54) is 32.4 Å². The lowest BCUT2D eigenvalue weighted by Gasteiger charge is -2.38. The summed E-state index contributed by atoms with van der Waals surface area (Å²) in [6.07, 6.45) is 1.50. The van der Waals surface area contributed by atoms with Crippen molar-refractivity contribution in [2.75, 3.05) is 44.8 Å². The van der Waals surface area contributed by atoms with E-state index < -0.39 is 22.5 Å². The van der Waals surface area contributed by atoms with Crippen molar-refractivity contribution in [3.63, 3.8) is 0 Å². The van der Waals surface area contributed by atoms with Gasteiger partial charge in [-0.2, -0.15) is 0 Å². The van der Waals surface area contributed by atoms with Gasteiger partial charge in [0.25, 0.3) is 10.0 Å². The Morgan fingerprint density at radius 1 is 0.974 bits per heavy atom. The van der Waals surface area contributed by atoms with Crippen molar-refractivity contribution in [1.82, 2.24) is 5.32 Å². The van der Waals surface area contributed by atoms with E-state index in [9.17, 15) is 13.2 Å². The van der Waals surface area contributed by atoms with E-state index in [2.05, 4.69) is 17.4 Å². The van der Waals surface area contributed by atoms with Crippen LogP contribution in [0.3, 0.4) is 0 Å². The van der Waals surface area contributed by atoms with E-state index in [0.29, 0.717) is 36.2 Å². The van der Waals surface area contributed by atoms with E-state index >= 15 is 0 Å². The Kier molecular flexibility index (Phi) is 8.81. The molecule has 0 spiro atoms. The lowest BCUT2D eigenvalue weighted by Crippen LogP contribution is -2.48. The molecule has 0 aliphatic carbocycles. The normalized spacial score (nSPS) is 14.9. The van der Waals surface area contributed by atoms with Gasteiger partial charge in [-0.15, -0.1) is 0 Å². The predicted molar refractivity (Wildman–Crippen MR) is 147 cm³/mol. The van der Waals surface area contributed by atoms with E-state index in [-0.39, 0.29) is 16.1 Å². The molecule has 3 aromatic carbocycles. The molecule has 1 aliphatic rings. The molecule has 0 bridgehead atoms. The van der Waals surface area contributed by atoms with Crippen LogP contribution in [0.2, 0.25) is 5.02 Å². The minimum atomic E-state index is -4.16. The first-order valence-electron chi connectivity index (χ1n) is 12.2. The molecule has 8 nitrogen and oxygen atoms in total. The number of carbonyl (C=O) groups excluding carboxylic acids is 1. The zero-order valence-corrected chi connectivity index (χ0v) is 22.9. The number of halogens is 1. The number of nitrogens with one attached hydrogen (secondary N) is 1. The third-order valence-electron chi connectivity index (χ3n) is 6.80. The Morgan fingerprint density at radius 3 is 2.26 bits per heavy atom. The van der Waals surface area contributed by atoms with Gasteiger partial charge in [-0.3, -0.25) is 9.10 Å². The molecule has 0 atom stereocenters. The van der Waals surface area contributed by atoms with Crippen LogP contribution in [0.4, 0.5) is 5.69 Å². The molecule has 1 heterocycles. The van der Waals surface area contributed by atoms with Gasteiger partial charge in [0.05, 0.1) is 24.8 Å². The fourth-order valence-corrected chi connectivity index (χ4v) is 6.17. The minimum absolute atomic E-state index is 0.0388. The highest BCUT2D eigenvalue weighted by Crippen LogP contribution is 2.35. The highest BCUT2D eigenvalue weighted by molar-refractivity contribution is 7.92. The number of sulfonamides is 1. The molecule has 0 radical (unpaired) electrons. The first-order chi connectivity index (χ1) is 18.3. The zero-order valence-electron chi connectivity index (χ0n) is 21.4. The largest absolute Gasteiger partial charge is 0.493 e. The van der Waals surface area contributed by atoms with Crippen LogP contribution in [0.1, 0.15) is 18.4 Å². The molecule has 1 fully saturated rings. The monoisotopic (exact) mass is 558 g/mol. The van der Waals surface area contributed by atoms with Gasteiger partial charge in [-0.05, 0) is 54.8 Å². The molecule has 1 saturated heterocycles. The molecule has 3 aromatic rings. The van der Waals surface area contributed by atoms with Crippen molar-refractivity contribution in [3.8, 4) is 11.5 Å². The van der Waals surface area contributed by atoms with Crippen molar-refractivity contribution in [1.29, 1.82) is 0 Å². The summed E-state index contributed by atoms with van der Waals surface area (Å²) in [7, 11) is -1.26. The average Bonchev–Trinajstić information content (AvgIpc) is 2.96. The molecule has 1 amide bonds. The Balaban J connectivity index is 1.61. The highest BCUT2D eigenvalue weighted by atomic mass is 35.5. The first-order valence-corrected chi connectivity index (χ1v) is 14.0. The zero-order chi connectivity index (χ0) is 27.2. The number of amides is 1. The Morgan fingerprint density at radius 2 is 1.63 bits per heavy atom. The molecular formula is C28H31ClN2O6S. The van der Waals surface area contributed by atoms with Crippen LogP contribution in [0.15, 0.2) is 77.7 Å². The Labute approximate surface area is 228 Å². The Bertz CT molecular complexity index is 1340. The second-order valence-corrected chi connectivity index (χ2v) is 11.3. The maximum Gasteiger partial charge on any atom is 0.264 e. The molecular weight excluding hydrogens is 528 g/mol. The van der Waals surface area contributed by atoms with Crippen molar-refractivity contribution in [3.05, 3.63) is 83.4 Å². The van der Waals surface area contributed by atoms with Crippen LogP contribution in [0, 0.1) is 0 Å². The van der Waals surface area contributed by atoms with E-state index in [1.807, 2.05) is 18.2 Å². The molecule has 0 unspecified atom stereocenters. The molecule has 0 aromatic heterocycles. The number of anilines is 1. The van der Waals surface area contributed by atoms with Crippen molar-refractivity contribution >= 4 is 33.2 Å². The number of ether oxygens (including phenoxy) is 3. The summed E-state index contributed by atoms with van der Waals surface area (Å²) < 4.78 is 44.8. The second kappa shape index (κ2) is 12.1. The van der Waals surface area contributed by atoms with Gasteiger partial charge in [0.15, 0.2) is 11.5 Å². The summed E-state index contributed by atoms with van der Waals surface area (Å²) in [5.74, 6) is 0.231. The number of hydrogen-bond acceptors (Lipinski definition) is 6. The number of rotatable bonds is 10. The van der Waals surface area contributed by atoms with Crippen molar-refractivity contribution in [2.45, 2.75) is 23.2 Å². The summed E-state index contributed by atoms with van der Waals surface area (Å²) in [5.41, 5.74) is 1.14. The Hall–Kier alpha value is -3.27. The van der Waals surface area contributed by atoms with Crippen molar-refractivity contribution < 1.29 is 27.4 Å². The summed E-state index contributed by atoms with van der Waals surface area (Å²) >= 11 is 6.05. The third kappa shape index (κ3) is 6.06. The summed E-state index contributed by atoms with van der Waals surface area (Å²) in [6.45, 7) is 1.13. The van der Waals surface area contributed by atoms with Crippen LogP contribution in [-0.4, -0.2) is 54.8 Å². The molecule has 0 saturated carbocycles. The van der Waals surface area contributed by atoms with Crippen LogP contribution in [0.25, 0.3) is 0 Å². The van der Waals surface area contributed by atoms with Gasteiger partial charge in [0, 0.05) is 36.3 Å². The van der Waals surface area contributed by atoms with Crippen molar-refractivity contribution in [2.24, 2.45) is 0 Å². The number of methoxy groups -OCH3 is 2. The number of hydrogen-bond donors (Lipinski definition) is 1. The SMILES string of the molecule is COc1ccc(S(=O)(=O)N(CC(=O)NCC2(c3ccccc3)CCOCC2)c2ccc(Cl)cc2)cc1OC. The fourth-order valence-electron chi connectivity index (χ4n) is 4.60. The molecule has 202 valence electrons. The quantitative estimate of drug-likeness (QED) is 0.396. The maximum atomic E-state index is 13.8. The summed E-state index contributed by atoms with van der Waals surface area (Å²) in [5, 5.41) is 3.45. The standard InChI is InChI=1S/C28H31ClN2O6S/c1-35-25-13-12-24(18-26(25)36-2)38(33,34)31(23-10-8-22(29)9-11-23)19-27(32)30-20-28(14-16-37-17-15-28)21-6-4-3-5-7-21/h3-13,18H,14-17,19-20H2,1-2H3,(H,30,32). The number of nitrogens with zero attached hydrogens (tertiary/aromatic N) is 1. The lowest BCUT2D eigenvalue weighted by atomic mass is 9.74. The van der Waals surface area contributed by atoms with Crippen LogP contribution < -0.4 is 19.1 Å². The van der Waals surface area contributed by atoms with Gasteiger partial charge in [-0.1, -0.05) is 41.9 Å². The summed E-state index contributed by atoms with van der Waals surface area (Å²) in [6, 6.07) is 20.6. The predicted octanol–water partition coefficient (Wildman–Crippen LogP) is 4.42. The van der Waals surface area contributed by atoms with E-state index in [1.54, 1.807) is 24.3 Å². The molecule has 4 rings (SSSR count). The van der Waals surface area contributed by atoms with Gasteiger partial charge in [0.2, 0.25) is 5.91 Å². The van der Waals surface area contributed by atoms with Gasteiger partial charge >= 0.3 is 0 Å². The lowest BCUT2D eigenvalue weighted by molar-refractivity contribution is -0.120. The smallest absolute Gasteiger partial charge is 0.264 e. The van der Waals surface area contributed by atoms with Crippen LogP contribution >= 0.6 is 11.6 Å². The van der Waals surface area contributed by atoms with Crippen LogP contribution in [0.5, 0.6) is 11.5 Å². The fraction of sp³-hybridized carbons (Fsp3) is 0.321. The molecule has 38 heavy (non-hydrogen) atoms. The van der Waals surface area contributed by atoms with Gasteiger partial charge < -0.3 is 19.5 Å².